The molecule has 0 aliphatic rings. The second kappa shape index (κ2) is 6.79. The van der Waals surface area contributed by atoms with Gasteiger partial charge < -0.3 is 10.3 Å². The topological polar surface area (TPSA) is 62.0 Å². The van der Waals surface area contributed by atoms with Crippen LogP contribution in [0.4, 0.5) is 0 Å². The lowest BCUT2D eigenvalue weighted by Crippen LogP contribution is -2.25. The second-order valence-corrected chi connectivity index (χ2v) is 6.72. The van der Waals surface area contributed by atoms with E-state index in [1.165, 1.54) is 10.9 Å². The van der Waals surface area contributed by atoms with Crippen molar-refractivity contribution < 1.29 is 9.00 Å². The third kappa shape index (κ3) is 3.51. The fraction of sp³-hybridized carbons (Fsp3) is 0.167. The van der Waals surface area contributed by atoms with Crippen molar-refractivity contribution in [3.8, 4) is 0 Å². The summed E-state index contributed by atoms with van der Waals surface area (Å²) < 4.78 is 11.3. The van der Waals surface area contributed by atoms with Gasteiger partial charge in [-0.25, -0.2) is 0 Å². The lowest BCUT2D eigenvalue weighted by Gasteiger charge is -2.05. The average molecular weight is 326 g/mol. The highest BCUT2D eigenvalue weighted by Gasteiger charge is 2.07. The zero-order valence-corrected chi connectivity index (χ0v) is 13.7. The van der Waals surface area contributed by atoms with Gasteiger partial charge in [0.25, 0.3) is 5.91 Å². The van der Waals surface area contributed by atoms with E-state index < -0.39 is 10.8 Å². The molecule has 0 saturated heterocycles. The Morgan fingerprint density at radius 3 is 2.61 bits per heavy atom. The molecule has 118 valence electrons. The van der Waals surface area contributed by atoms with Gasteiger partial charge in [-0.3, -0.25) is 9.00 Å². The van der Waals surface area contributed by atoms with Crippen LogP contribution in [-0.2, 0) is 17.2 Å². The van der Waals surface area contributed by atoms with Crippen LogP contribution in [0.3, 0.4) is 0 Å². The number of benzene rings is 2. The highest BCUT2D eigenvalue weighted by molar-refractivity contribution is 7.84. The molecule has 0 spiro atoms. The fourth-order valence-corrected chi connectivity index (χ4v) is 3.07. The first-order chi connectivity index (χ1) is 11.1. The van der Waals surface area contributed by atoms with Gasteiger partial charge in [-0.1, -0.05) is 18.2 Å². The van der Waals surface area contributed by atoms with Crippen molar-refractivity contribution in [2.75, 3.05) is 12.8 Å². The molecular formula is C18H18N2O2S. The van der Waals surface area contributed by atoms with Gasteiger partial charge >= 0.3 is 0 Å². The molecule has 0 aliphatic heterocycles. The van der Waals surface area contributed by atoms with Gasteiger partial charge in [0, 0.05) is 51.2 Å². The molecule has 0 saturated carbocycles. The van der Waals surface area contributed by atoms with Crippen LogP contribution >= 0.6 is 0 Å². The van der Waals surface area contributed by atoms with E-state index in [-0.39, 0.29) is 5.91 Å². The molecule has 1 unspecified atom stereocenters. The second-order valence-electron chi connectivity index (χ2n) is 5.34. The van der Waals surface area contributed by atoms with E-state index in [0.717, 1.165) is 16.8 Å². The SMILES string of the molecule is CS(=O)c1ccc(C(=O)NCCc2c[nH]c3ccccc23)cc1. The van der Waals surface area contributed by atoms with Crippen molar-refractivity contribution in [2.45, 2.75) is 11.3 Å². The van der Waals surface area contributed by atoms with Crippen LogP contribution in [0.5, 0.6) is 0 Å². The molecule has 2 N–H and O–H groups in total. The molecule has 0 aliphatic carbocycles. The Hall–Kier alpha value is -2.40. The fourth-order valence-electron chi connectivity index (χ4n) is 2.55. The number of nitrogens with one attached hydrogen (secondary N) is 2. The van der Waals surface area contributed by atoms with Crippen molar-refractivity contribution in [3.05, 3.63) is 65.9 Å². The number of aromatic amines is 1. The number of hydrogen-bond donors (Lipinski definition) is 2. The normalized spacial score (nSPS) is 12.2. The smallest absolute Gasteiger partial charge is 0.251 e. The number of rotatable bonds is 5. The summed E-state index contributed by atoms with van der Waals surface area (Å²) in [5, 5.41) is 4.11. The molecule has 5 heteroatoms. The maximum atomic E-state index is 12.1. The summed E-state index contributed by atoms with van der Waals surface area (Å²) in [5.74, 6) is -0.113. The van der Waals surface area contributed by atoms with Crippen molar-refractivity contribution >= 4 is 27.6 Å². The number of hydrogen-bond acceptors (Lipinski definition) is 2. The maximum Gasteiger partial charge on any atom is 0.251 e. The van der Waals surface area contributed by atoms with Gasteiger partial charge in [-0.05, 0) is 42.3 Å². The van der Waals surface area contributed by atoms with Crippen molar-refractivity contribution in [1.82, 2.24) is 10.3 Å². The Bertz CT molecular complexity index is 853. The Morgan fingerprint density at radius 2 is 1.87 bits per heavy atom. The lowest BCUT2D eigenvalue weighted by atomic mass is 10.1. The van der Waals surface area contributed by atoms with Crippen molar-refractivity contribution in [3.63, 3.8) is 0 Å². The molecule has 2 aromatic carbocycles. The molecular weight excluding hydrogens is 308 g/mol. The quantitative estimate of drug-likeness (QED) is 0.757. The Labute approximate surface area is 137 Å². The van der Waals surface area contributed by atoms with Gasteiger partial charge in [0.1, 0.15) is 0 Å². The zero-order valence-electron chi connectivity index (χ0n) is 12.8. The molecule has 0 bridgehead atoms. The van der Waals surface area contributed by atoms with E-state index in [1.54, 1.807) is 30.5 Å². The third-order valence-electron chi connectivity index (χ3n) is 3.80. The summed E-state index contributed by atoms with van der Waals surface area (Å²) in [6, 6.07) is 15.0. The van der Waals surface area contributed by atoms with Crippen LogP contribution < -0.4 is 5.32 Å². The number of amides is 1. The third-order valence-corrected chi connectivity index (χ3v) is 4.74. The van der Waals surface area contributed by atoms with Crippen LogP contribution in [-0.4, -0.2) is 27.9 Å². The average Bonchev–Trinajstić information content (AvgIpc) is 2.98. The summed E-state index contributed by atoms with van der Waals surface area (Å²) in [7, 11) is -1.02. The summed E-state index contributed by atoms with van der Waals surface area (Å²) in [6.45, 7) is 0.572. The highest BCUT2D eigenvalue weighted by Crippen LogP contribution is 2.17. The molecule has 0 fully saturated rings. The monoisotopic (exact) mass is 326 g/mol. The number of fused-ring (bicyclic) bond motifs is 1. The number of carbonyl (C=O) groups is 1. The summed E-state index contributed by atoms with van der Waals surface area (Å²) >= 11 is 0. The molecule has 4 nitrogen and oxygen atoms in total. The molecule has 23 heavy (non-hydrogen) atoms. The molecule has 0 radical (unpaired) electrons. The van der Waals surface area contributed by atoms with E-state index >= 15 is 0 Å². The van der Waals surface area contributed by atoms with Gasteiger partial charge in [-0.15, -0.1) is 0 Å². The molecule has 3 rings (SSSR count). The summed E-state index contributed by atoms with van der Waals surface area (Å²) in [4.78, 5) is 16.1. The predicted molar refractivity (Wildman–Crippen MR) is 93.1 cm³/mol. The van der Waals surface area contributed by atoms with E-state index in [0.29, 0.717) is 12.1 Å². The van der Waals surface area contributed by atoms with E-state index in [9.17, 15) is 9.00 Å². The van der Waals surface area contributed by atoms with E-state index in [4.69, 9.17) is 0 Å². The van der Waals surface area contributed by atoms with Gasteiger partial charge in [0.2, 0.25) is 0 Å². The summed E-state index contributed by atoms with van der Waals surface area (Å²) in [6.07, 6.45) is 4.38. The van der Waals surface area contributed by atoms with Crippen LogP contribution in [0.2, 0.25) is 0 Å². The predicted octanol–water partition coefficient (Wildman–Crippen LogP) is 2.88. The largest absolute Gasteiger partial charge is 0.361 e. The molecule has 1 aromatic heterocycles. The highest BCUT2D eigenvalue weighted by atomic mass is 32.2. The zero-order chi connectivity index (χ0) is 16.2. The molecule has 3 aromatic rings. The van der Waals surface area contributed by atoms with Crippen LogP contribution in [0.15, 0.2) is 59.6 Å². The van der Waals surface area contributed by atoms with Crippen LogP contribution in [0, 0.1) is 0 Å². The maximum absolute atomic E-state index is 12.1. The van der Waals surface area contributed by atoms with Crippen LogP contribution in [0.1, 0.15) is 15.9 Å². The Kier molecular flexibility index (Phi) is 4.57. The Morgan fingerprint density at radius 1 is 1.13 bits per heavy atom. The van der Waals surface area contributed by atoms with Gasteiger partial charge in [0.05, 0.1) is 0 Å². The van der Waals surface area contributed by atoms with Crippen molar-refractivity contribution in [1.29, 1.82) is 0 Å². The Balaban J connectivity index is 1.60. The van der Waals surface area contributed by atoms with Crippen molar-refractivity contribution in [2.24, 2.45) is 0 Å². The van der Waals surface area contributed by atoms with E-state index in [2.05, 4.69) is 16.4 Å². The summed E-state index contributed by atoms with van der Waals surface area (Å²) in [5.41, 5.74) is 2.88. The first kappa shape index (κ1) is 15.5. The van der Waals surface area contributed by atoms with Gasteiger partial charge in [0.15, 0.2) is 0 Å². The number of H-pyrrole nitrogens is 1. The first-order valence-electron chi connectivity index (χ1n) is 7.42. The minimum absolute atomic E-state index is 0.113. The minimum Gasteiger partial charge on any atom is -0.361 e. The molecule has 1 amide bonds. The number of para-hydroxylation sites is 1. The van der Waals surface area contributed by atoms with Gasteiger partial charge in [-0.2, -0.15) is 0 Å². The first-order valence-corrected chi connectivity index (χ1v) is 8.97. The lowest BCUT2D eigenvalue weighted by molar-refractivity contribution is 0.0954. The standard InChI is InChI=1S/C18H18N2O2S/c1-23(22)15-8-6-13(7-9-15)18(21)19-11-10-14-12-20-17-5-3-2-4-16(14)17/h2-9,12,20H,10-11H2,1H3,(H,19,21). The molecule has 1 atom stereocenters. The van der Waals surface area contributed by atoms with Crippen LogP contribution in [0.25, 0.3) is 10.9 Å². The minimum atomic E-state index is -1.02. The molecule has 1 heterocycles. The van der Waals surface area contributed by atoms with E-state index in [1.807, 2.05) is 24.4 Å². The number of carbonyl (C=O) groups excluding carboxylic acids is 1. The number of aromatic nitrogens is 1.